The van der Waals surface area contributed by atoms with Crippen LogP contribution in [-0.2, 0) is 0 Å². The van der Waals surface area contributed by atoms with Crippen LogP contribution in [0.3, 0.4) is 0 Å². The van der Waals surface area contributed by atoms with E-state index in [-0.39, 0.29) is 11.7 Å². The molecule has 3 nitrogen and oxygen atoms in total. The van der Waals surface area contributed by atoms with E-state index in [0.717, 1.165) is 21.2 Å². The fourth-order valence-corrected chi connectivity index (χ4v) is 2.64. The molecular weight excluding hydrogens is 335 g/mol. The van der Waals surface area contributed by atoms with E-state index in [1.165, 1.54) is 12.1 Å². The van der Waals surface area contributed by atoms with E-state index in [0.29, 0.717) is 11.3 Å². The van der Waals surface area contributed by atoms with Crippen molar-refractivity contribution >= 4 is 21.8 Å². The number of anilines is 1. The molecule has 5 heteroatoms. The third-order valence-corrected chi connectivity index (χ3v) is 3.92. The van der Waals surface area contributed by atoms with Crippen LogP contribution in [0.5, 0.6) is 0 Å². The largest absolute Gasteiger partial charge is 0.367 e. The number of rotatable bonds is 2. The summed E-state index contributed by atoms with van der Waals surface area (Å²) in [7, 11) is 0. The van der Waals surface area contributed by atoms with Crippen LogP contribution in [0.1, 0.15) is 5.56 Å². The van der Waals surface area contributed by atoms with Gasteiger partial charge in [-0.1, -0.05) is 44.8 Å². The average molecular weight is 347 g/mol. The maximum atomic E-state index is 13.1. The van der Waals surface area contributed by atoms with Crippen molar-refractivity contribution < 1.29 is 8.91 Å². The van der Waals surface area contributed by atoms with Gasteiger partial charge in [0.1, 0.15) is 11.5 Å². The number of benzene rings is 2. The standard InChI is InChI=1S/C16H12BrFN2O/c1-9-2-7-13(17)12(8-9)15-14(16(19)21-20-15)10-3-5-11(18)6-4-10/h2-8H,19H2,1H3. The lowest BCUT2D eigenvalue weighted by molar-refractivity contribution is 0.439. The van der Waals surface area contributed by atoms with Crippen LogP contribution in [0.15, 0.2) is 51.5 Å². The Morgan fingerprint density at radius 3 is 2.57 bits per heavy atom. The second kappa shape index (κ2) is 5.33. The van der Waals surface area contributed by atoms with E-state index >= 15 is 0 Å². The molecule has 106 valence electrons. The molecule has 3 aromatic rings. The SMILES string of the molecule is Cc1ccc(Br)c(-c2noc(N)c2-c2ccc(F)cc2)c1. The molecule has 3 rings (SSSR count). The monoisotopic (exact) mass is 346 g/mol. The van der Waals surface area contributed by atoms with Crippen molar-refractivity contribution in [3.63, 3.8) is 0 Å². The van der Waals surface area contributed by atoms with Gasteiger partial charge in [0.05, 0.1) is 5.56 Å². The topological polar surface area (TPSA) is 52.0 Å². The van der Waals surface area contributed by atoms with E-state index in [2.05, 4.69) is 21.1 Å². The van der Waals surface area contributed by atoms with Gasteiger partial charge in [-0.2, -0.15) is 0 Å². The van der Waals surface area contributed by atoms with Crippen molar-refractivity contribution in [1.82, 2.24) is 5.16 Å². The fraction of sp³-hybridized carbons (Fsp3) is 0.0625. The van der Waals surface area contributed by atoms with E-state index in [9.17, 15) is 4.39 Å². The highest BCUT2D eigenvalue weighted by molar-refractivity contribution is 9.10. The van der Waals surface area contributed by atoms with Gasteiger partial charge in [0.2, 0.25) is 5.88 Å². The third kappa shape index (κ3) is 2.56. The Labute approximate surface area is 129 Å². The lowest BCUT2D eigenvalue weighted by Crippen LogP contribution is -1.89. The highest BCUT2D eigenvalue weighted by Gasteiger charge is 2.19. The van der Waals surface area contributed by atoms with Gasteiger partial charge < -0.3 is 10.3 Å². The van der Waals surface area contributed by atoms with E-state index in [1.54, 1.807) is 12.1 Å². The fourth-order valence-electron chi connectivity index (χ4n) is 2.20. The van der Waals surface area contributed by atoms with Crippen LogP contribution in [0, 0.1) is 12.7 Å². The number of hydrogen-bond acceptors (Lipinski definition) is 3. The van der Waals surface area contributed by atoms with Crippen molar-refractivity contribution in [2.45, 2.75) is 6.92 Å². The Bertz CT molecular complexity index is 797. The molecule has 0 fully saturated rings. The maximum Gasteiger partial charge on any atom is 0.230 e. The molecule has 0 unspecified atom stereocenters. The molecule has 0 aliphatic carbocycles. The number of hydrogen-bond donors (Lipinski definition) is 1. The summed E-state index contributed by atoms with van der Waals surface area (Å²) in [6.45, 7) is 2.00. The molecular formula is C16H12BrFN2O. The molecule has 1 heterocycles. The van der Waals surface area contributed by atoms with Crippen LogP contribution in [0.4, 0.5) is 10.3 Å². The summed E-state index contributed by atoms with van der Waals surface area (Å²) >= 11 is 3.51. The van der Waals surface area contributed by atoms with Crippen molar-refractivity contribution in [2.75, 3.05) is 5.73 Å². The van der Waals surface area contributed by atoms with Crippen LogP contribution in [-0.4, -0.2) is 5.16 Å². The van der Waals surface area contributed by atoms with E-state index in [4.69, 9.17) is 10.3 Å². The van der Waals surface area contributed by atoms with E-state index < -0.39 is 0 Å². The minimum atomic E-state index is -0.299. The molecule has 0 amide bonds. The first-order chi connectivity index (χ1) is 10.1. The van der Waals surface area contributed by atoms with Crippen LogP contribution >= 0.6 is 15.9 Å². The van der Waals surface area contributed by atoms with Crippen molar-refractivity contribution in [1.29, 1.82) is 0 Å². The van der Waals surface area contributed by atoms with Gasteiger partial charge in [-0.05, 0) is 36.8 Å². The van der Waals surface area contributed by atoms with Crippen LogP contribution in [0.25, 0.3) is 22.4 Å². The quantitative estimate of drug-likeness (QED) is 0.724. The molecule has 2 aromatic carbocycles. The average Bonchev–Trinajstić information content (AvgIpc) is 2.84. The first kappa shape index (κ1) is 13.8. The Morgan fingerprint density at radius 2 is 1.86 bits per heavy atom. The number of nitrogens with zero attached hydrogens (tertiary/aromatic N) is 1. The van der Waals surface area contributed by atoms with Crippen molar-refractivity contribution in [3.8, 4) is 22.4 Å². The smallest absolute Gasteiger partial charge is 0.230 e. The van der Waals surface area contributed by atoms with Gasteiger partial charge >= 0.3 is 0 Å². The first-order valence-electron chi connectivity index (χ1n) is 6.34. The second-order valence-electron chi connectivity index (χ2n) is 4.76. The zero-order valence-electron chi connectivity index (χ0n) is 11.2. The minimum Gasteiger partial charge on any atom is -0.367 e. The molecule has 0 saturated carbocycles. The Hall–Kier alpha value is -2.14. The normalized spacial score (nSPS) is 10.8. The minimum absolute atomic E-state index is 0.213. The van der Waals surface area contributed by atoms with Crippen LogP contribution in [0.2, 0.25) is 0 Å². The summed E-state index contributed by atoms with van der Waals surface area (Å²) in [5.41, 5.74) is 9.94. The molecule has 2 N–H and O–H groups in total. The van der Waals surface area contributed by atoms with Gasteiger partial charge in [-0.25, -0.2) is 4.39 Å². The van der Waals surface area contributed by atoms with Gasteiger partial charge in [0, 0.05) is 10.0 Å². The molecule has 0 bridgehead atoms. The maximum absolute atomic E-state index is 13.1. The predicted molar refractivity (Wildman–Crippen MR) is 84.2 cm³/mol. The third-order valence-electron chi connectivity index (χ3n) is 3.23. The number of nitrogens with two attached hydrogens (primary N) is 1. The lowest BCUT2D eigenvalue weighted by Gasteiger charge is -2.06. The van der Waals surface area contributed by atoms with Gasteiger partial charge in [-0.15, -0.1) is 0 Å². The molecule has 0 aliphatic rings. The lowest BCUT2D eigenvalue weighted by atomic mass is 10.00. The summed E-state index contributed by atoms with van der Waals surface area (Å²) in [6, 6.07) is 12.0. The summed E-state index contributed by atoms with van der Waals surface area (Å²) in [5, 5.41) is 4.06. The molecule has 0 radical (unpaired) electrons. The zero-order chi connectivity index (χ0) is 15.0. The summed E-state index contributed by atoms with van der Waals surface area (Å²) in [6.07, 6.45) is 0. The van der Waals surface area contributed by atoms with Crippen LogP contribution < -0.4 is 5.73 Å². The highest BCUT2D eigenvalue weighted by Crippen LogP contribution is 2.39. The molecule has 0 atom stereocenters. The Morgan fingerprint density at radius 1 is 1.14 bits per heavy atom. The molecule has 0 aliphatic heterocycles. The number of aryl methyl sites for hydroxylation is 1. The van der Waals surface area contributed by atoms with Gasteiger partial charge in [0.25, 0.3) is 0 Å². The first-order valence-corrected chi connectivity index (χ1v) is 7.13. The van der Waals surface area contributed by atoms with Gasteiger partial charge in [-0.3, -0.25) is 0 Å². The zero-order valence-corrected chi connectivity index (χ0v) is 12.8. The second-order valence-corrected chi connectivity index (χ2v) is 5.61. The Kier molecular flexibility index (Phi) is 3.51. The summed E-state index contributed by atoms with van der Waals surface area (Å²) in [4.78, 5) is 0. The molecule has 1 aromatic heterocycles. The van der Waals surface area contributed by atoms with E-state index in [1.807, 2.05) is 25.1 Å². The van der Waals surface area contributed by atoms with Crippen molar-refractivity contribution in [2.24, 2.45) is 0 Å². The highest BCUT2D eigenvalue weighted by atomic mass is 79.9. The molecule has 0 saturated heterocycles. The number of aromatic nitrogens is 1. The van der Waals surface area contributed by atoms with Crippen molar-refractivity contribution in [3.05, 3.63) is 58.3 Å². The predicted octanol–water partition coefficient (Wildman–Crippen LogP) is 4.80. The molecule has 0 spiro atoms. The molecule has 21 heavy (non-hydrogen) atoms. The Balaban J connectivity index is 2.21. The number of nitrogen functional groups attached to an aromatic ring is 1. The number of halogens is 2. The van der Waals surface area contributed by atoms with Gasteiger partial charge in [0.15, 0.2) is 0 Å². The summed E-state index contributed by atoms with van der Waals surface area (Å²) in [5.74, 6) is -0.0860. The summed E-state index contributed by atoms with van der Waals surface area (Å²) < 4.78 is 19.1.